The molecule has 0 atom stereocenters. The third kappa shape index (κ3) is 13.9. The van der Waals surface area contributed by atoms with Crippen LogP contribution >= 0.6 is 0 Å². The normalized spacial score (nSPS) is 10.7. The molecule has 0 aliphatic heterocycles. The third-order valence-corrected chi connectivity index (χ3v) is 7.25. The smallest absolute Gasteiger partial charge is 1.00 e. The van der Waals surface area contributed by atoms with Gasteiger partial charge in [0.05, 0.1) is 35.2 Å². The number of aliphatic imine (C=N–C) groups is 2. The van der Waals surface area contributed by atoms with Crippen molar-refractivity contribution in [3.63, 3.8) is 0 Å². The van der Waals surface area contributed by atoms with Gasteiger partial charge in [-0.15, -0.1) is 0 Å². The molecule has 239 valence electrons. The van der Waals surface area contributed by atoms with E-state index >= 15 is 0 Å². The summed E-state index contributed by atoms with van der Waals surface area (Å²) in [6.45, 7) is 13.5. The summed E-state index contributed by atoms with van der Waals surface area (Å²) < 4.78 is 0. The van der Waals surface area contributed by atoms with E-state index in [2.05, 4.69) is 71.9 Å². The Morgan fingerprint density at radius 2 is 0.795 bits per heavy atom. The molecule has 1 aromatic heterocycles. The van der Waals surface area contributed by atoms with Crippen LogP contribution in [0.5, 0.6) is 0 Å². The van der Waals surface area contributed by atoms with Gasteiger partial charge in [0.15, 0.2) is 0 Å². The summed E-state index contributed by atoms with van der Waals surface area (Å²) in [5.74, 6) is 0. The Bertz CT molecular complexity index is 1140. The van der Waals surface area contributed by atoms with E-state index in [1.165, 1.54) is 46.2 Å². The van der Waals surface area contributed by atoms with Crippen molar-refractivity contribution in [3.05, 3.63) is 87.2 Å². The minimum atomic E-state index is 0. The van der Waals surface area contributed by atoms with Crippen LogP contribution in [0.3, 0.4) is 0 Å². The molecule has 0 N–H and O–H groups in total. The standard InChI is InChI=1S/C37H51N3.3ClH.Nd/c1-7-14-28-22-30(16-9-3)36(31(23-28)17-10-4)38-26-34-20-13-21-35(40-34)27-39-37-32(18-11-5)24-29(15-8-2)25-33(37)19-12-6;;;;/h13,20-27H,7-12,14-19H2,1-6H3;3*1H;/q;;;;+3/p-3. The van der Waals surface area contributed by atoms with Gasteiger partial charge in [-0.1, -0.05) is 110 Å². The van der Waals surface area contributed by atoms with E-state index in [1.54, 1.807) is 0 Å². The minimum absolute atomic E-state index is 0. The zero-order valence-corrected chi connectivity index (χ0v) is 33.1. The van der Waals surface area contributed by atoms with Crippen LogP contribution in [0.4, 0.5) is 11.4 Å². The van der Waals surface area contributed by atoms with Crippen LogP contribution in [0.2, 0.25) is 0 Å². The van der Waals surface area contributed by atoms with E-state index in [-0.39, 0.29) is 78.1 Å². The summed E-state index contributed by atoms with van der Waals surface area (Å²) in [7, 11) is 0. The average Bonchev–Trinajstić information content (AvgIpc) is 2.93. The van der Waals surface area contributed by atoms with Crippen LogP contribution in [0, 0.1) is 40.8 Å². The largest absolute Gasteiger partial charge is 3.00 e. The summed E-state index contributed by atoms with van der Waals surface area (Å²) in [5, 5.41) is 0. The summed E-state index contributed by atoms with van der Waals surface area (Å²) in [6, 6.07) is 15.6. The number of nitrogens with zero attached hydrogens (tertiary/aromatic N) is 3. The van der Waals surface area contributed by atoms with Gasteiger partial charge in [0.1, 0.15) is 0 Å². The zero-order chi connectivity index (χ0) is 28.7. The predicted octanol–water partition coefficient (Wildman–Crippen LogP) is 1.31. The zero-order valence-electron chi connectivity index (χ0n) is 27.7. The van der Waals surface area contributed by atoms with Gasteiger partial charge in [-0.05, 0) is 84.0 Å². The fraction of sp³-hybridized carbons (Fsp3) is 0.486. The van der Waals surface area contributed by atoms with E-state index in [0.717, 1.165) is 87.0 Å². The molecule has 2 aromatic carbocycles. The van der Waals surface area contributed by atoms with Gasteiger partial charge >= 0.3 is 40.8 Å². The fourth-order valence-corrected chi connectivity index (χ4v) is 5.58. The van der Waals surface area contributed by atoms with E-state index in [0.29, 0.717) is 0 Å². The molecule has 0 aliphatic rings. The van der Waals surface area contributed by atoms with Crippen LogP contribution in [0.1, 0.15) is 125 Å². The van der Waals surface area contributed by atoms with Crippen LogP contribution in [0.15, 0.2) is 52.4 Å². The number of hydrogen-bond acceptors (Lipinski definition) is 3. The molecular formula is C37H51Cl3N3Nd. The van der Waals surface area contributed by atoms with Crippen molar-refractivity contribution in [1.82, 2.24) is 4.98 Å². The number of aromatic nitrogens is 1. The second-order valence-electron chi connectivity index (χ2n) is 11.0. The fourth-order valence-electron chi connectivity index (χ4n) is 5.58. The number of hydrogen-bond donors (Lipinski definition) is 0. The van der Waals surface area contributed by atoms with Crippen molar-refractivity contribution in [2.45, 2.75) is 119 Å². The summed E-state index contributed by atoms with van der Waals surface area (Å²) in [6.07, 6.45) is 17.2. The molecule has 0 aliphatic carbocycles. The van der Waals surface area contributed by atoms with E-state index in [1.807, 2.05) is 24.6 Å². The monoisotopic (exact) mass is 784 g/mol. The molecule has 0 fully saturated rings. The predicted molar refractivity (Wildman–Crippen MR) is 176 cm³/mol. The Morgan fingerprint density at radius 3 is 1.07 bits per heavy atom. The quantitative estimate of drug-likeness (QED) is 0.202. The number of halogens is 3. The molecule has 0 saturated heterocycles. The maximum Gasteiger partial charge on any atom is 3.00 e. The Balaban J connectivity index is 0. The Kier molecular flexibility index (Phi) is 26.0. The molecule has 0 amide bonds. The topological polar surface area (TPSA) is 37.6 Å². The molecular weight excluding hydrogens is 737 g/mol. The van der Waals surface area contributed by atoms with Gasteiger partial charge in [0, 0.05) is 0 Å². The molecule has 44 heavy (non-hydrogen) atoms. The number of rotatable bonds is 16. The first-order valence-electron chi connectivity index (χ1n) is 15.9. The van der Waals surface area contributed by atoms with Gasteiger partial charge in [0.25, 0.3) is 0 Å². The van der Waals surface area contributed by atoms with Crippen molar-refractivity contribution in [2.24, 2.45) is 9.98 Å². The Hall–Kier alpha value is -0.849. The van der Waals surface area contributed by atoms with Crippen molar-refractivity contribution >= 4 is 23.8 Å². The SMILES string of the molecule is CCCc1cc(CCC)c(N=Cc2cccc(C=Nc3c(CCC)cc(CCC)cc3CCC)n2)c(CCC)c1.[Cl-].[Cl-].[Cl-].[Nd+3]. The van der Waals surface area contributed by atoms with Gasteiger partial charge < -0.3 is 37.2 Å². The molecule has 7 heteroatoms. The first-order valence-corrected chi connectivity index (χ1v) is 15.9. The van der Waals surface area contributed by atoms with Gasteiger partial charge in [-0.2, -0.15) is 0 Å². The average molecular weight is 788 g/mol. The van der Waals surface area contributed by atoms with E-state index in [9.17, 15) is 0 Å². The number of pyridine rings is 1. The molecule has 0 spiro atoms. The second kappa shape index (κ2) is 25.3. The maximum atomic E-state index is 5.05. The van der Waals surface area contributed by atoms with Crippen LogP contribution < -0.4 is 37.2 Å². The summed E-state index contributed by atoms with van der Waals surface area (Å²) in [5.41, 5.74) is 12.4. The molecule has 1 heterocycles. The summed E-state index contributed by atoms with van der Waals surface area (Å²) in [4.78, 5) is 15.0. The third-order valence-electron chi connectivity index (χ3n) is 7.25. The Labute approximate surface area is 319 Å². The van der Waals surface area contributed by atoms with Crippen molar-refractivity contribution in [3.8, 4) is 0 Å². The first-order chi connectivity index (χ1) is 19.6. The molecule has 0 unspecified atom stereocenters. The molecule has 0 saturated carbocycles. The first kappa shape index (κ1) is 45.3. The maximum absolute atomic E-state index is 5.05. The van der Waals surface area contributed by atoms with Crippen LogP contribution in [-0.2, 0) is 38.5 Å². The van der Waals surface area contributed by atoms with Gasteiger partial charge in [0.2, 0.25) is 0 Å². The molecule has 0 bridgehead atoms. The van der Waals surface area contributed by atoms with E-state index in [4.69, 9.17) is 15.0 Å². The molecule has 3 rings (SSSR count). The van der Waals surface area contributed by atoms with Crippen LogP contribution in [-0.4, -0.2) is 17.4 Å². The number of benzene rings is 2. The number of aryl methyl sites for hydroxylation is 6. The van der Waals surface area contributed by atoms with Crippen molar-refractivity contribution < 1.29 is 78.1 Å². The van der Waals surface area contributed by atoms with Crippen molar-refractivity contribution in [1.29, 1.82) is 0 Å². The Morgan fingerprint density at radius 1 is 0.500 bits per heavy atom. The molecule has 1 radical (unpaired) electrons. The van der Waals surface area contributed by atoms with Gasteiger partial charge in [-0.3, -0.25) is 9.98 Å². The minimum Gasteiger partial charge on any atom is -1.00 e. The molecule has 3 nitrogen and oxygen atoms in total. The second-order valence-corrected chi connectivity index (χ2v) is 11.0. The van der Waals surface area contributed by atoms with Crippen LogP contribution in [0.25, 0.3) is 0 Å². The van der Waals surface area contributed by atoms with Gasteiger partial charge in [-0.25, -0.2) is 4.98 Å². The molecule has 3 aromatic rings. The van der Waals surface area contributed by atoms with Crippen molar-refractivity contribution in [2.75, 3.05) is 0 Å². The van der Waals surface area contributed by atoms with E-state index < -0.39 is 0 Å². The summed E-state index contributed by atoms with van der Waals surface area (Å²) >= 11 is 0.